The van der Waals surface area contributed by atoms with Gasteiger partial charge in [-0.2, -0.15) is 0 Å². The van der Waals surface area contributed by atoms with E-state index in [0.717, 1.165) is 5.56 Å². The highest BCUT2D eigenvalue weighted by atomic mass is 32.2. The van der Waals surface area contributed by atoms with E-state index in [2.05, 4.69) is 10.3 Å². The van der Waals surface area contributed by atoms with E-state index in [1.54, 1.807) is 24.5 Å². The molecule has 0 spiro atoms. The molecule has 1 saturated heterocycles. The zero-order valence-electron chi connectivity index (χ0n) is 13.5. The van der Waals surface area contributed by atoms with Crippen LogP contribution in [0.15, 0.2) is 24.5 Å². The molecule has 8 nitrogen and oxygen atoms in total. The van der Waals surface area contributed by atoms with Crippen LogP contribution in [0.1, 0.15) is 12.0 Å². The largest absolute Gasteiger partial charge is 0.383 e. The van der Waals surface area contributed by atoms with E-state index in [1.165, 1.54) is 12.0 Å². The summed E-state index contributed by atoms with van der Waals surface area (Å²) in [6.07, 6.45) is 3.53. The van der Waals surface area contributed by atoms with Gasteiger partial charge in [0.05, 0.1) is 18.1 Å². The summed E-state index contributed by atoms with van der Waals surface area (Å²) in [6, 6.07) is 2.98. The monoisotopic (exact) mass is 355 g/mol. The van der Waals surface area contributed by atoms with Gasteiger partial charge in [0.2, 0.25) is 0 Å². The predicted molar refractivity (Wildman–Crippen MR) is 86.7 cm³/mol. The van der Waals surface area contributed by atoms with Crippen LogP contribution in [0.3, 0.4) is 0 Å². The molecule has 1 aliphatic rings. The van der Waals surface area contributed by atoms with Gasteiger partial charge in [-0.05, 0) is 24.1 Å². The van der Waals surface area contributed by atoms with Crippen molar-refractivity contribution in [2.24, 2.45) is 0 Å². The molecule has 0 aliphatic carbocycles. The Morgan fingerprint density at radius 3 is 2.67 bits per heavy atom. The normalized spacial score (nSPS) is 19.0. The Balaban J connectivity index is 1.99. The van der Waals surface area contributed by atoms with Crippen LogP contribution in [0, 0.1) is 0 Å². The van der Waals surface area contributed by atoms with Gasteiger partial charge >= 0.3 is 11.8 Å². The van der Waals surface area contributed by atoms with Crippen LogP contribution in [-0.4, -0.2) is 67.9 Å². The van der Waals surface area contributed by atoms with Gasteiger partial charge in [-0.15, -0.1) is 0 Å². The molecule has 24 heavy (non-hydrogen) atoms. The number of carbonyl (C=O) groups is 2. The van der Waals surface area contributed by atoms with Crippen molar-refractivity contribution in [2.45, 2.75) is 19.0 Å². The van der Waals surface area contributed by atoms with Crippen molar-refractivity contribution >= 4 is 21.7 Å². The smallest absolute Gasteiger partial charge is 0.312 e. The lowest BCUT2D eigenvalue weighted by Crippen LogP contribution is -2.49. The molecule has 1 aliphatic heterocycles. The van der Waals surface area contributed by atoms with E-state index in [-0.39, 0.29) is 31.2 Å². The molecule has 0 bridgehead atoms. The number of hydrogen-bond acceptors (Lipinski definition) is 6. The maximum absolute atomic E-state index is 12.4. The summed E-state index contributed by atoms with van der Waals surface area (Å²) in [5.74, 6) is -1.57. The first-order valence-electron chi connectivity index (χ1n) is 7.60. The molecule has 1 N–H and O–H groups in total. The summed E-state index contributed by atoms with van der Waals surface area (Å²) < 4.78 is 28.3. The molecule has 132 valence electrons. The van der Waals surface area contributed by atoms with Gasteiger partial charge in [0, 0.05) is 38.6 Å². The second-order valence-corrected chi connectivity index (χ2v) is 7.82. The van der Waals surface area contributed by atoms with Crippen molar-refractivity contribution in [1.82, 2.24) is 15.2 Å². The second-order valence-electron chi connectivity index (χ2n) is 5.59. The van der Waals surface area contributed by atoms with E-state index in [4.69, 9.17) is 4.74 Å². The first-order valence-corrected chi connectivity index (χ1v) is 9.42. The van der Waals surface area contributed by atoms with Gasteiger partial charge in [-0.1, -0.05) is 0 Å². The van der Waals surface area contributed by atoms with Crippen LogP contribution in [0.4, 0.5) is 0 Å². The van der Waals surface area contributed by atoms with Crippen molar-refractivity contribution < 1.29 is 22.7 Å². The van der Waals surface area contributed by atoms with Gasteiger partial charge in [-0.3, -0.25) is 14.6 Å². The Bertz CT molecular complexity index is 678. The molecule has 2 heterocycles. The third kappa shape index (κ3) is 5.00. The van der Waals surface area contributed by atoms with Crippen molar-refractivity contribution in [2.75, 3.05) is 31.8 Å². The lowest BCUT2D eigenvalue weighted by Gasteiger charge is -2.27. The van der Waals surface area contributed by atoms with Crippen molar-refractivity contribution in [3.05, 3.63) is 30.1 Å². The summed E-state index contributed by atoms with van der Waals surface area (Å²) in [6.45, 7) is 0.617. The van der Waals surface area contributed by atoms with Crippen LogP contribution >= 0.6 is 0 Å². The Morgan fingerprint density at radius 2 is 2.08 bits per heavy atom. The molecule has 1 atom stereocenters. The van der Waals surface area contributed by atoms with Crippen molar-refractivity contribution in [3.8, 4) is 0 Å². The number of hydrogen-bond donors (Lipinski definition) is 1. The summed E-state index contributed by atoms with van der Waals surface area (Å²) in [5.41, 5.74) is 0.818. The number of sulfone groups is 1. The minimum absolute atomic E-state index is 0.0348. The highest BCUT2D eigenvalue weighted by Gasteiger charge is 2.36. The number of nitrogens with zero attached hydrogens (tertiary/aromatic N) is 2. The Labute approximate surface area is 141 Å². The third-order valence-electron chi connectivity index (χ3n) is 3.84. The molecule has 0 saturated carbocycles. The highest BCUT2D eigenvalue weighted by Crippen LogP contribution is 2.18. The molecule has 1 fully saturated rings. The fourth-order valence-corrected chi connectivity index (χ4v) is 4.28. The molecule has 0 aromatic carbocycles. The van der Waals surface area contributed by atoms with Gasteiger partial charge in [0.1, 0.15) is 0 Å². The van der Waals surface area contributed by atoms with Crippen molar-refractivity contribution in [3.63, 3.8) is 0 Å². The van der Waals surface area contributed by atoms with Crippen LogP contribution in [0.2, 0.25) is 0 Å². The molecule has 2 amide bonds. The molecular formula is C15H21N3O5S. The van der Waals surface area contributed by atoms with E-state index in [1.807, 2.05) is 0 Å². The maximum atomic E-state index is 12.4. The molecule has 9 heteroatoms. The number of ether oxygens (including phenoxy) is 1. The molecular weight excluding hydrogens is 334 g/mol. The lowest BCUT2D eigenvalue weighted by molar-refractivity contribution is -0.147. The summed E-state index contributed by atoms with van der Waals surface area (Å²) >= 11 is 0. The number of rotatable bonds is 6. The number of carbonyl (C=O) groups excluding carboxylic acids is 2. The fraction of sp³-hybridized carbons (Fsp3) is 0.533. The van der Waals surface area contributed by atoms with Crippen molar-refractivity contribution in [1.29, 1.82) is 0 Å². The average Bonchev–Trinajstić information content (AvgIpc) is 2.93. The van der Waals surface area contributed by atoms with Gasteiger partial charge in [0.25, 0.3) is 0 Å². The number of methoxy groups -OCH3 is 1. The standard InChI is InChI=1S/C15H21N3O5S/c1-23-8-7-18(13-4-9-24(21,22)11-13)15(20)14(19)17-10-12-2-5-16-6-3-12/h2-3,5-6,13H,4,7-11H2,1H3,(H,17,19). The first kappa shape index (κ1) is 18.3. The molecule has 0 radical (unpaired) electrons. The molecule has 2 rings (SSSR count). The zero-order valence-corrected chi connectivity index (χ0v) is 14.3. The third-order valence-corrected chi connectivity index (χ3v) is 5.59. The predicted octanol–water partition coefficient (Wildman–Crippen LogP) is -0.640. The SMILES string of the molecule is COCCN(C(=O)C(=O)NCc1ccncc1)C1CCS(=O)(=O)C1. The lowest BCUT2D eigenvalue weighted by atomic mass is 10.2. The van der Waals surface area contributed by atoms with Crippen LogP contribution < -0.4 is 5.32 Å². The number of nitrogens with one attached hydrogen (secondary N) is 1. The number of pyridine rings is 1. The summed E-state index contributed by atoms with van der Waals surface area (Å²) in [7, 11) is -1.67. The Kier molecular flexibility index (Phi) is 6.27. The Morgan fingerprint density at radius 1 is 1.38 bits per heavy atom. The maximum Gasteiger partial charge on any atom is 0.312 e. The van der Waals surface area contributed by atoms with Crippen LogP contribution in [-0.2, 0) is 30.7 Å². The highest BCUT2D eigenvalue weighted by molar-refractivity contribution is 7.91. The quantitative estimate of drug-likeness (QED) is 0.681. The van der Waals surface area contributed by atoms with Gasteiger partial charge in [0.15, 0.2) is 9.84 Å². The Hall–Kier alpha value is -2.00. The summed E-state index contributed by atoms with van der Waals surface area (Å²) in [4.78, 5) is 29.7. The molecule has 1 aromatic heterocycles. The fourth-order valence-electron chi connectivity index (χ4n) is 2.55. The van der Waals surface area contributed by atoms with E-state index >= 15 is 0 Å². The van der Waals surface area contributed by atoms with Crippen LogP contribution in [0.5, 0.6) is 0 Å². The first-order chi connectivity index (χ1) is 11.4. The molecule has 1 unspecified atom stereocenters. The summed E-state index contributed by atoms with van der Waals surface area (Å²) in [5, 5.41) is 2.55. The van der Waals surface area contributed by atoms with Crippen LogP contribution in [0.25, 0.3) is 0 Å². The van der Waals surface area contributed by atoms with Gasteiger partial charge in [-0.25, -0.2) is 8.42 Å². The van der Waals surface area contributed by atoms with E-state index in [0.29, 0.717) is 6.42 Å². The zero-order chi connectivity index (χ0) is 17.6. The van der Waals surface area contributed by atoms with Gasteiger partial charge < -0.3 is 15.0 Å². The molecule has 1 aromatic rings. The van der Waals surface area contributed by atoms with E-state index in [9.17, 15) is 18.0 Å². The second kappa shape index (κ2) is 8.20. The average molecular weight is 355 g/mol. The minimum atomic E-state index is -3.15. The number of aromatic nitrogens is 1. The number of amides is 2. The minimum Gasteiger partial charge on any atom is -0.383 e. The topological polar surface area (TPSA) is 106 Å². The van der Waals surface area contributed by atoms with E-state index < -0.39 is 27.7 Å².